The summed E-state index contributed by atoms with van der Waals surface area (Å²) in [6.07, 6.45) is 0. The smallest absolute Gasteiger partial charge is 0.164 e. The Morgan fingerprint density at radius 3 is 1.41 bits per heavy atom. The molecule has 0 saturated heterocycles. The number of rotatable bonds is 8. The lowest BCUT2D eigenvalue weighted by atomic mass is 9.89. The summed E-state index contributed by atoms with van der Waals surface area (Å²) in [7, 11) is 0. The first-order valence-electron chi connectivity index (χ1n) is 21.8. The highest BCUT2D eigenvalue weighted by molar-refractivity contribution is 6.14. The predicted octanol–water partition coefficient (Wildman–Crippen LogP) is 15.3. The summed E-state index contributed by atoms with van der Waals surface area (Å²) >= 11 is 0. The minimum atomic E-state index is 0.531. The first kappa shape index (κ1) is 39.5. The van der Waals surface area contributed by atoms with Crippen molar-refractivity contribution in [2.24, 2.45) is 0 Å². The van der Waals surface area contributed by atoms with Gasteiger partial charge in [0.2, 0.25) is 0 Å². The van der Waals surface area contributed by atoms with Crippen LogP contribution in [0.4, 0.5) is 0 Å². The van der Waals surface area contributed by atoms with Crippen molar-refractivity contribution in [2.75, 3.05) is 0 Å². The maximum Gasteiger partial charge on any atom is 0.164 e. The van der Waals surface area contributed by atoms with Crippen molar-refractivity contribution in [3.8, 4) is 102 Å². The van der Waals surface area contributed by atoms with Gasteiger partial charge in [-0.25, -0.2) is 15.0 Å². The summed E-state index contributed by atoms with van der Waals surface area (Å²) in [6.45, 7) is 0. The maximum absolute atomic E-state index is 10.4. The van der Waals surface area contributed by atoms with E-state index < -0.39 is 0 Å². The van der Waals surface area contributed by atoms with E-state index in [0.29, 0.717) is 28.6 Å². The zero-order valence-electron chi connectivity index (χ0n) is 35.6. The van der Waals surface area contributed by atoms with E-state index in [1.54, 1.807) is 0 Å². The van der Waals surface area contributed by atoms with Crippen LogP contribution in [0.25, 0.3) is 111 Å². The Morgan fingerprint density at radius 1 is 0.288 bits per heavy atom. The Hall–Kier alpha value is -9.29. The minimum absolute atomic E-state index is 0.531. The van der Waals surface area contributed by atoms with E-state index >= 15 is 0 Å². The third kappa shape index (κ3) is 7.43. The number of hydrogen-bond acceptors (Lipinski definition) is 5. The number of nitriles is 2. The molecule has 0 radical (unpaired) electrons. The molecule has 306 valence electrons. The number of fused-ring (bicyclic) bond motifs is 3. The van der Waals surface area contributed by atoms with E-state index in [0.717, 1.165) is 61.2 Å². The molecule has 0 unspecified atom stereocenters. The van der Waals surface area contributed by atoms with Crippen LogP contribution in [0.15, 0.2) is 224 Å². The fourth-order valence-electron chi connectivity index (χ4n) is 8.96. The van der Waals surface area contributed by atoms with Gasteiger partial charge in [0.25, 0.3) is 0 Å². The summed E-state index contributed by atoms with van der Waals surface area (Å²) in [6, 6.07) is 81.1. The van der Waals surface area contributed by atoms with E-state index in [9.17, 15) is 10.5 Å². The van der Waals surface area contributed by atoms with Gasteiger partial charge < -0.3 is 0 Å². The van der Waals surface area contributed by atoms with E-state index in [1.165, 1.54) is 32.7 Å². The molecule has 0 spiro atoms. The Bertz CT molecular complexity index is 3690. The number of benzene rings is 10. The second-order valence-corrected chi connectivity index (χ2v) is 16.2. The molecule has 0 bridgehead atoms. The van der Waals surface area contributed by atoms with Gasteiger partial charge in [0.15, 0.2) is 17.5 Å². The van der Waals surface area contributed by atoms with Crippen molar-refractivity contribution in [1.29, 1.82) is 10.5 Å². The number of nitrogens with zero attached hydrogens (tertiary/aromatic N) is 5. The van der Waals surface area contributed by atoms with Gasteiger partial charge in [-0.15, -0.1) is 0 Å². The first-order valence-corrected chi connectivity index (χ1v) is 21.8. The zero-order valence-corrected chi connectivity index (χ0v) is 35.6. The lowest BCUT2D eigenvalue weighted by Crippen LogP contribution is -2.01. The second kappa shape index (κ2) is 17.1. The molecule has 0 N–H and O–H groups in total. The monoisotopic (exact) mass is 839 g/mol. The van der Waals surface area contributed by atoms with Crippen LogP contribution in [0.1, 0.15) is 11.1 Å². The van der Waals surface area contributed by atoms with Crippen LogP contribution in [-0.2, 0) is 0 Å². The molecule has 0 aliphatic heterocycles. The van der Waals surface area contributed by atoms with Crippen LogP contribution >= 0.6 is 0 Å². The molecule has 1 heterocycles. The van der Waals surface area contributed by atoms with E-state index in [4.69, 9.17) is 15.0 Å². The standard InChI is InChI=1S/C61H37N5/c62-38-40-21-23-42(24-22-40)52-16-8-9-19-56(52)61-65-59(47-12-2-1-3-13-47)64-60(66-61)48-33-30-45(31-34-48)57-37-49(35-36-50(57)39-63)53-17-7-6-15-51(53)43-25-27-44(28-26-43)55-20-10-14-46-32-29-41-11-4-5-18-54(41)58(46)55/h1-37H. The highest BCUT2D eigenvalue weighted by atomic mass is 15.0. The van der Waals surface area contributed by atoms with Gasteiger partial charge in [-0.3, -0.25) is 0 Å². The van der Waals surface area contributed by atoms with Crippen LogP contribution in [0, 0.1) is 22.7 Å². The lowest BCUT2D eigenvalue weighted by Gasteiger charge is -2.14. The molecule has 11 rings (SSSR count). The molecule has 0 amide bonds. The SMILES string of the molecule is N#Cc1ccc(-c2ccccc2-c2nc(-c3ccccc3)nc(-c3ccc(-c4cc(-c5ccccc5-c5ccc(-c6cccc7ccc8ccccc8c67)cc5)ccc4C#N)cc3)n2)cc1. The van der Waals surface area contributed by atoms with Gasteiger partial charge in [0.1, 0.15) is 0 Å². The van der Waals surface area contributed by atoms with Crippen molar-refractivity contribution in [2.45, 2.75) is 0 Å². The van der Waals surface area contributed by atoms with Crippen LogP contribution in [0.2, 0.25) is 0 Å². The quantitative estimate of drug-likeness (QED) is 0.142. The molecule has 11 aromatic rings. The summed E-state index contributed by atoms with van der Waals surface area (Å²) < 4.78 is 0. The lowest BCUT2D eigenvalue weighted by molar-refractivity contribution is 1.07. The summed E-state index contributed by atoms with van der Waals surface area (Å²) in [5.41, 5.74) is 14.1. The maximum atomic E-state index is 10.4. The number of aromatic nitrogens is 3. The third-order valence-corrected chi connectivity index (χ3v) is 12.3. The van der Waals surface area contributed by atoms with E-state index in [1.807, 2.05) is 115 Å². The van der Waals surface area contributed by atoms with Crippen LogP contribution in [0.3, 0.4) is 0 Å². The zero-order chi connectivity index (χ0) is 44.4. The summed E-state index contributed by atoms with van der Waals surface area (Å²) in [5, 5.41) is 24.7. The Balaban J connectivity index is 0.942. The van der Waals surface area contributed by atoms with Gasteiger partial charge in [-0.05, 0) is 95.9 Å². The molecule has 0 atom stereocenters. The van der Waals surface area contributed by atoms with Gasteiger partial charge in [0.05, 0.1) is 23.3 Å². The summed E-state index contributed by atoms with van der Waals surface area (Å²) in [5.74, 6) is 1.63. The van der Waals surface area contributed by atoms with Crippen molar-refractivity contribution < 1.29 is 0 Å². The molecule has 5 heteroatoms. The molecular formula is C61H37N5. The van der Waals surface area contributed by atoms with Gasteiger partial charge in [-0.1, -0.05) is 200 Å². The Labute approximate surface area is 382 Å². The third-order valence-electron chi connectivity index (χ3n) is 12.3. The predicted molar refractivity (Wildman–Crippen MR) is 268 cm³/mol. The molecule has 0 aliphatic carbocycles. The molecule has 10 aromatic carbocycles. The number of hydrogen-bond donors (Lipinski definition) is 0. The largest absolute Gasteiger partial charge is 0.208 e. The highest BCUT2D eigenvalue weighted by Gasteiger charge is 2.18. The Morgan fingerprint density at radius 2 is 0.742 bits per heavy atom. The van der Waals surface area contributed by atoms with E-state index in [2.05, 4.69) is 121 Å². The fraction of sp³-hybridized carbons (Fsp3) is 0. The Kier molecular flexibility index (Phi) is 10.3. The molecular weight excluding hydrogens is 803 g/mol. The van der Waals surface area contributed by atoms with Crippen LogP contribution in [0.5, 0.6) is 0 Å². The van der Waals surface area contributed by atoms with Gasteiger partial charge >= 0.3 is 0 Å². The van der Waals surface area contributed by atoms with Gasteiger partial charge in [0, 0.05) is 22.3 Å². The first-order chi connectivity index (χ1) is 32.6. The molecule has 0 saturated carbocycles. The molecule has 0 fully saturated rings. The average molecular weight is 840 g/mol. The molecule has 1 aromatic heterocycles. The fourth-order valence-corrected chi connectivity index (χ4v) is 8.96. The van der Waals surface area contributed by atoms with E-state index in [-0.39, 0.29) is 0 Å². The molecule has 66 heavy (non-hydrogen) atoms. The molecule has 0 aliphatic rings. The van der Waals surface area contributed by atoms with Crippen LogP contribution in [-0.4, -0.2) is 15.0 Å². The normalized spacial score (nSPS) is 11.0. The van der Waals surface area contributed by atoms with Gasteiger partial charge in [-0.2, -0.15) is 10.5 Å². The topological polar surface area (TPSA) is 86.2 Å². The van der Waals surface area contributed by atoms with Crippen molar-refractivity contribution >= 4 is 21.5 Å². The van der Waals surface area contributed by atoms with Crippen molar-refractivity contribution in [3.63, 3.8) is 0 Å². The average Bonchev–Trinajstić information content (AvgIpc) is 3.40. The van der Waals surface area contributed by atoms with Crippen molar-refractivity contribution in [3.05, 3.63) is 236 Å². The minimum Gasteiger partial charge on any atom is -0.208 e. The van der Waals surface area contributed by atoms with Crippen LogP contribution < -0.4 is 0 Å². The molecule has 5 nitrogen and oxygen atoms in total. The van der Waals surface area contributed by atoms with Crippen molar-refractivity contribution in [1.82, 2.24) is 15.0 Å². The highest BCUT2D eigenvalue weighted by Crippen LogP contribution is 2.39. The second-order valence-electron chi connectivity index (χ2n) is 16.2. The summed E-state index contributed by atoms with van der Waals surface area (Å²) in [4.78, 5) is 15.1.